The molecule has 0 aliphatic carbocycles. The number of hydrogen-bond acceptors (Lipinski definition) is 3. The van der Waals surface area contributed by atoms with E-state index in [9.17, 15) is 9.59 Å². The lowest BCUT2D eigenvalue weighted by Crippen LogP contribution is -2.43. The molecule has 0 saturated heterocycles. The van der Waals surface area contributed by atoms with Gasteiger partial charge in [-0.25, -0.2) is 10.2 Å². The van der Waals surface area contributed by atoms with Gasteiger partial charge in [0.05, 0.1) is 16.3 Å². The summed E-state index contributed by atoms with van der Waals surface area (Å²) >= 11 is 11.6. The second-order valence-electron chi connectivity index (χ2n) is 3.64. The maximum absolute atomic E-state index is 11.5. The number of hydrazine groups is 1. The van der Waals surface area contributed by atoms with Gasteiger partial charge < -0.3 is 9.73 Å². The van der Waals surface area contributed by atoms with Gasteiger partial charge in [0.25, 0.3) is 0 Å². The maximum Gasteiger partial charge on any atom is 0.337 e. The lowest BCUT2D eigenvalue weighted by molar-refractivity contribution is 0.0910. The van der Waals surface area contributed by atoms with E-state index >= 15 is 0 Å². The average Bonchev–Trinajstić information content (AvgIpc) is 2.94. The van der Waals surface area contributed by atoms with Gasteiger partial charge in [0.15, 0.2) is 5.76 Å². The van der Waals surface area contributed by atoms with Gasteiger partial charge >= 0.3 is 11.9 Å². The molecule has 0 aliphatic rings. The number of furan rings is 1. The molecular formula is C12H9Cl2N3O3. The fraction of sp³-hybridized carbons (Fsp3) is 0. The van der Waals surface area contributed by atoms with Gasteiger partial charge in [0.2, 0.25) is 0 Å². The van der Waals surface area contributed by atoms with Crippen molar-refractivity contribution in [1.82, 2.24) is 10.9 Å². The minimum absolute atomic E-state index is 0.0832. The predicted molar refractivity (Wildman–Crippen MR) is 74.8 cm³/mol. The number of rotatable bonds is 2. The van der Waals surface area contributed by atoms with Crippen LogP contribution in [0.25, 0.3) is 0 Å². The zero-order valence-corrected chi connectivity index (χ0v) is 11.5. The minimum atomic E-state index is -0.636. The van der Waals surface area contributed by atoms with E-state index in [4.69, 9.17) is 27.6 Å². The highest BCUT2D eigenvalue weighted by atomic mass is 35.5. The zero-order chi connectivity index (χ0) is 14.5. The molecule has 1 aromatic heterocycles. The quantitative estimate of drug-likeness (QED) is 0.745. The first-order chi connectivity index (χ1) is 9.56. The van der Waals surface area contributed by atoms with Crippen LogP contribution in [0.4, 0.5) is 10.5 Å². The highest BCUT2D eigenvalue weighted by Crippen LogP contribution is 2.24. The zero-order valence-electron chi connectivity index (χ0n) is 9.94. The van der Waals surface area contributed by atoms with Crippen molar-refractivity contribution in [3.05, 3.63) is 52.4 Å². The van der Waals surface area contributed by atoms with Crippen molar-refractivity contribution in [3.8, 4) is 0 Å². The SMILES string of the molecule is O=C(NNC(=O)c1ccco1)Nc1ccc(Cl)c(Cl)c1. The summed E-state index contributed by atoms with van der Waals surface area (Å²) in [5.41, 5.74) is 4.78. The summed E-state index contributed by atoms with van der Waals surface area (Å²) in [7, 11) is 0. The van der Waals surface area contributed by atoms with Gasteiger partial charge in [-0.1, -0.05) is 23.2 Å². The van der Waals surface area contributed by atoms with Crippen molar-refractivity contribution in [3.63, 3.8) is 0 Å². The van der Waals surface area contributed by atoms with Gasteiger partial charge in [-0.3, -0.25) is 10.2 Å². The van der Waals surface area contributed by atoms with Crippen LogP contribution in [0.3, 0.4) is 0 Å². The molecule has 2 rings (SSSR count). The van der Waals surface area contributed by atoms with E-state index in [1.165, 1.54) is 18.4 Å². The van der Waals surface area contributed by atoms with Gasteiger partial charge in [-0.15, -0.1) is 0 Å². The Morgan fingerprint density at radius 2 is 1.85 bits per heavy atom. The van der Waals surface area contributed by atoms with E-state index in [0.29, 0.717) is 15.7 Å². The lowest BCUT2D eigenvalue weighted by Gasteiger charge is -2.08. The van der Waals surface area contributed by atoms with Crippen LogP contribution in [-0.2, 0) is 0 Å². The summed E-state index contributed by atoms with van der Waals surface area (Å²) < 4.78 is 4.86. The Morgan fingerprint density at radius 3 is 2.50 bits per heavy atom. The highest BCUT2D eigenvalue weighted by molar-refractivity contribution is 6.42. The smallest absolute Gasteiger partial charge is 0.337 e. The Labute approximate surface area is 124 Å². The molecule has 0 radical (unpaired) electrons. The average molecular weight is 314 g/mol. The van der Waals surface area contributed by atoms with Crippen LogP contribution >= 0.6 is 23.2 Å². The number of amides is 3. The van der Waals surface area contributed by atoms with Crippen LogP contribution in [0.5, 0.6) is 0 Å². The van der Waals surface area contributed by atoms with Gasteiger partial charge in [-0.05, 0) is 30.3 Å². The molecule has 2 aromatic rings. The monoisotopic (exact) mass is 313 g/mol. The Bertz CT molecular complexity index is 629. The van der Waals surface area contributed by atoms with E-state index in [0.717, 1.165) is 0 Å². The second kappa shape index (κ2) is 6.31. The number of carbonyl (C=O) groups is 2. The number of hydrogen-bond donors (Lipinski definition) is 3. The molecule has 0 aliphatic heterocycles. The third-order valence-corrected chi connectivity index (χ3v) is 2.95. The number of urea groups is 1. The van der Waals surface area contributed by atoms with Gasteiger partial charge in [0.1, 0.15) is 0 Å². The first kappa shape index (κ1) is 14.2. The highest BCUT2D eigenvalue weighted by Gasteiger charge is 2.09. The largest absolute Gasteiger partial charge is 0.459 e. The van der Waals surface area contributed by atoms with E-state index in [-0.39, 0.29) is 5.76 Å². The van der Waals surface area contributed by atoms with Crippen molar-refractivity contribution in [2.75, 3.05) is 5.32 Å². The normalized spacial score (nSPS) is 9.90. The van der Waals surface area contributed by atoms with Crippen molar-refractivity contribution in [2.24, 2.45) is 0 Å². The van der Waals surface area contributed by atoms with Gasteiger partial charge in [0, 0.05) is 5.69 Å². The minimum Gasteiger partial charge on any atom is -0.459 e. The summed E-state index contributed by atoms with van der Waals surface area (Å²) in [4.78, 5) is 23.0. The Morgan fingerprint density at radius 1 is 1.05 bits per heavy atom. The summed E-state index contributed by atoms with van der Waals surface area (Å²) in [5.74, 6) is -0.487. The van der Waals surface area contributed by atoms with E-state index in [1.807, 2.05) is 0 Å². The van der Waals surface area contributed by atoms with Crippen LogP contribution in [-0.4, -0.2) is 11.9 Å². The first-order valence-electron chi connectivity index (χ1n) is 5.42. The van der Waals surface area contributed by atoms with Crippen molar-refractivity contribution < 1.29 is 14.0 Å². The molecule has 3 N–H and O–H groups in total. The van der Waals surface area contributed by atoms with Crippen molar-refractivity contribution >= 4 is 40.8 Å². The third-order valence-electron chi connectivity index (χ3n) is 2.21. The molecule has 0 bridgehead atoms. The molecule has 6 nitrogen and oxygen atoms in total. The molecular weight excluding hydrogens is 305 g/mol. The van der Waals surface area contributed by atoms with E-state index in [1.54, 1.807) is 18.2 Å². The van der Waals surface area contributed by atoms with E-state index in [2.05, 4.69) is 16.2 Å². The Balaban J connectivity index is 1.86. The molecule has 1 heterocycles. The number of benzene rings is 1. The number of anilines is 1. The molecule has 104 valence electrons. The fourth-order valence-corrected chi connectivity index (χ4v) is 1.62. The van der Waals surface area contributed by atoms with Crippen LogP contribution in [0.1, 0.15) is 10.6 Å². The topological polar surface area (TPSA) is 83.4 Å². The van der Waals surface area contributed by atoms with Crippen molar-refractivity contribution in [1.29, 1.82) is 0 Å². The van der Waals surface area contributed by atoms with Crippen molar-refractivity contribution in [2.45, 2.75) is 0 Å². The number of nitrogens with one attached hydrogen (secondary N) is 3. The molecule has 1 aromatic carbocycles. The summed E-state index contributed by atoms with van der Waals surface area (Å²) in [6.45, 7) is 0. The van der Waals surface area contributed by atoms with Crippen LogP contribution in [0.2, 0.25) is 10.0 Å². The van der Waals surface area contributed by atoms with Gasteiger partial charge in [-0.2, -0.15) is 0 Å². The Hall–Kier alpha value is -2.18. The first-order valence-corrected chi connectivity index (χ1v) is 6.18. The molecule has 0 saturated carbocycles. The number of halogens is 2. The number of carbonyl (C=O) groups excluding carboxylic acids is 2. The molecule has 8 heteroatoms. The summed E-state index contributed by atoms with van der Waals surface area (Å²) in [6.07, 6.45) is 1.35. The third kappa shape index (κ3) is 3.66. The summed E-state index contributed by atoms with van der Waals surface area (Å²) in [5, 5.41) is 3.16. The molecule has 0 unspecified atom stereocenters. The van der Waals surface area contributed by atoms with Crippen LogP contribution in [0, 0.1) is 0 Å². The molecule has 20 heavy (non-hydrogen) atoms. The molecule has 0 spiro atoms. The molecule has 0 fully saturated rings. The molecule has 3 amide bonds. The summed E-state index contributed by atoms with van der Waals surface area (Å²) in [6, 6.07) is 6.99. The van der Waals surface area contributed by atoms with E-state index < -0.39 is 11.9 Å². The fourth-order valence-electron chi connectivity index (χ4n) is 1.32. The Kier molecular flexibility index (Phi) is 4.49. The van der Waals surface area contributed by atoms with Crippen LogP contribution in [0.15, 0.2) is 41.0 Å². The lowest BCUT2D eigenvalue weighted by atomic mass is 10.3. The standard InChI is InChI=1S/C12H9Cl2N3O3/c13-8-4-3-7(6-9(8)14)15-12(19)17-16-11(18)10-2-1-5-20-10/h1-6H,(H,16,18)(H2,15,17,19). The molecule has 0 atom stereocenters. The van der Waals surface area contributed by atoms with Crippen LogP contribution < -0.4 is 16.2 Å². The predicted octanol–water partition coefficient (Wildman–Crippen LogP) is 3.05. The second-order valence-corrected chi connectivity index (χ2v) is 4.45. The maximum atomic E-state index is 11.5.